The van der Waals surface area contributed by atoms with E-state index in [0.717, 1.165) is 16.8 Å². The molecule has 0 aliphatic rings. The van der Waals surface area contributed by atoms with Crippen molar-refractivity contribution in [2.75, 3.05) is 0 Å². The number of hydrogen-bond acceptors (Lipinski definition) is 3. The van der Waals surface area contributed by atoms with E-state index in [1.54, 1.807) is 6.92 Å². The summed E-state index contributed by atoms with van der Waals surface area (Å²) < 4.78 is 0. The molecule has 0 aliphatic carbocycles. The van der Waals surface area contributed by atoms with Crippen molar-refractivity contribution in [1.29, 1.82) is 0 Å². The fraction of sp³-hybridized carbons (Fsp3) is 0.300. The molecule has 0 fully saturated rings. The number of aryl methyl sites for hydroxylation is 3. The average Bonchev–Trinajstić information content (AvgIpc) is 2.08. The van der Waals surface area contributed by atoms with Gasteiger partial charge in [-0.2, -0.15) is 0 Å². The summed E-state index contributed by atoms with van der Waals surface area (Å²) in [5.74, 6) is 0. The Morgan fingerprint density at radius 1 is 1.21 bits per heavy atom. The number of rotatable bonds is 0. The molecule has 14 heavy (non-hydrogen) atoms. The molecule has 0 bridgehead atoms. The lowest BCUT2D eigenvalue weighted by molar-refractivity contribution is 1.07. The summed E-state index contributed by atoms with van der Waals surface area (Å²) in [6.07, 6.45) is 0. The van der Waals surface area contributed by atoms with E-state index >= 15 is 0 Å². The minimum atomic E-state index is -0.171. The van der Waals surface area contributed by atoms with Gasteiger partial charge in [0, 0.05) is 5.69 Å². The molecule has 0 amide bonds. The van der Waals surface area contributed by atoms with Gasteiger partial charge in [0.05, 0.1) is 0 Å². The lowest BCUT2D eigenvalue weighted by Crippen LogP contribution is -2.13. The first-order valence-corrected chi connectivity index (χ1v) is 4.43. The number of H-pyrrole nitrogens is 1. The zero-order valence-corrected chi connectivity index (χ0v) is 8.38. The Morgan fingerprint density at radius 2 is 1.93 bits per heavy atom. The Balaban J connectivity index is 2.96. The first kappa shape index (κ1) is 8.87. The van der Waals surface area contributed by atoms with Crippen LogP contribution in [0.5, 0.6) is 0 Å². The Bertz CT molecular complexity index is 557. The van der Waals surface area contributed by atoms with Gasteiger partial charge in [-0.05, 0) is 32.4 Å². The number of aromatic amines is 1. The number of aromatic nitrogens is 3. The largest absolute Gasteiger partial charge is 0.304 e. The number of pyridine rings is 1. The van der Waals surface area contributed by atoms with Crippen LogP contribution in [0.3, 0.4) is 0 Å². The van der Waals surface area contributed by atoms with Gasteiger partial charge in [-0.3, -0.25) is 4.79 Å². The summed E-state index contributed by atoms with van der Waals surface area (Å²) in [7, 11) is 0. The Kier molecular flexibility index (Phi) is 1.84. The van der Waals surface area contributed by atoms with Crippen molar-refractivity contribution in [2.45, 2.75) is 20.8 Å². The predicted molar refractivity (Wildman–Crippen MR) is 54.4 cm³/mol. The molecule has 0 saturated heterocycles. The summed E-state index contributed by atoms with van der Waals surface area (Å²) in [6.45, 7) is 5.55. The third-order valence-corrected chi connectivity index (χ3v) is 2.15. The van der Waals surface area contributed by atoms with Crippen molar-refractivity contribution in [1.82, 2.24) is 15.0 Å². The molecule has 4 heteroatoms. The fourth-order valence-corrected chi connectivity index (χ4v) is 1.47. The molecular weight excluding hydrogens is 178 g/mol. The average molecular weight is 189 g/mol. The normalized spacial score (nSPS) is 10.8. The van der Waals surface area contributed by atoms with E-state index in [-0.39, 0.29) is 5.56 Å². The summed E-state index contributed by atoms with van der Waals surface area (Å²) in [5.41, 5.74) is 3.57. The van der Waals surface area contributed by atoms with Gasteiger partial charge in [0.15, 0.2) is 5.65 Å². The molecule has 2 heterocycles. The second-order valence-electron chi connectivity index (χ2n) is 3.43. The lowest BCUT2D eigenvalue weighted by Gasteiger charge is -2.02. The Morgan fingerprint density at radius 3 is 2.64 bits per heavy atom. The first-order valence-electron chi connectivity index (χ1n) is 4.43. The van der Waals surface area contributed by atoms with Crippen molar-refractivity contribution in [3.63, 3.8) is 0 Å². The predicted octanol–water partition coefficient (Wildman–Crippen LogP) is 1.24. The Labute approximate surface area is 81.0 Å². The van der Waals surface area contributed by atoms with Crippen LogP contribution in [0.1, 0.15) is 17.0 Å². The van der Waals surface area contributed by atoms with Gasteiger partial charge in [0.2, 0.25) is 0 Å². The van der Waals surface area contributed by atoms with Crippen LogP contribution in [-0.2, 0) is 0 Å². The number of hydrogen-bond donors (Lipinski definition) is 1. The molecule has 2 rings (SSSR count). The van der Waals surface area contributed by atoms with Gasteiger partial charge < -0.3 is 4.98 Å². The van der Waals surface area contributed by atoms with Crippen molar-refractivity contribution in [3.8, 4) is 0 Å². The molecule has 2 aromatic rings. The van der Waals surface area contributed by atoms with E-state index in [0.29, 0.717) is 11.3 Å². The van der Waals surface area contributed by atoms with E-state index in [9.17, 15) is 4.79 Å². The fourth-order valence-electron chi connectivity index (χ4n) is 1.47. The van der Waals surface area contributed by atoms with Gasteiger partial charge in [-0.15, -0.1) is 0 Å². The van der Waals surface area contributed by atoms with Crippen LogP contribution in [0.25, 0.3) is 11.2 Å². The Hall–Kier alpha value is -1.71. The molecule has 0 saturated carbocycles. The number of nitrogens with one attached hydrogen (secondary N) is 1. The summed E-state index contributed by atoms with van der Waals surface area (Å²) in [5, 5.41) is 0. The minimum Gasteiger partial charge on any atom is -0.304 e. The van der Waals surface area contributed by atoms with Crippen LogP contribution < -0.4 is 5.56 Å². The maximum Gasteiger partial charge on any atom is 0.270 e. The van der Waals surface area contributed by atoms with Crippen LogP contribution in [0.2, 0.25) is 0 Å². The molecule has 1 N–H and O–H groups in total. The topological polar surface area (TPSA) is 58.6 Å². The highest BCUT2D eigenvalue weighted by Crippen LogP contribution is 2.11. The molecule has 0 radical (unpaired) electrons. The van der Waals surface area contributed by atoms with Gasteiger partial charge in [0.25, 0.3) is 5.56 Å². The summed E-state index contributed by atoms with van der Waals surface area (Å²) in [4.78, 5) is 22.4. The first-order chi connectivity index (χ1) is 6.58. The molecule has 0 unspecified atom stereocenters. The molecule has 72 valence electrons. The number of nitrogens with zero attached hydrogens (tertiary/aromatic N) is 2. The van der Waals surface area contributed by atoms with Gasteiger partial charge in [-0.25, -0.2) is 9.97 Å². The monoisotopic (exact) mass is 189 g/mol. The van der Waals surface area contributed by atoms with E-state index in [1.807, 2.05) is 19.9 Å². The molecule has 0 aromatic carbocycles. The molecule has 4 nitrogen and oxygen atoms in total. The zero-order valence-electron chi connectivity index (χ0n) is 8.38. The SMILES string of the molecule is Cc1cc(C)c2nc(C)c(=O)[nH]c2n1. The highest BCUT2D eigenvalue weighted by Gasteiger charge is 2.04. The standard InChI is InChI=1S/C10H11N3O/c1-5-4-6(2)11-9-8(5)12-7(3)10(14)13-9/h4H,1-3H3,(H,11,13,14). The van der Waals surface area contributed by atoms with Crippen molar-refractivity contribution in [2.24, 2.45) is 0 Å². The van der Waals surface area contributed by atoms with Gasteiger partial charge in [-0.1, -0.05) is 0 Å². The van der Waals surface area contributed by atoms with Crippen molar-refractivity contribution in [3.05, 3.63) is 33.4 Å². The maximum absolute atomic E-state index is 11.3. The van der Waals surface area contributed by atoms with E-state index in [1.165, 1.54) is 0 Å². The van der Waals surface area contributed by atoms with Gasteiger partial charge in [0.1, 0.15) is 11.2 Å². The molecule has 2 aromatic heterocycles. The van der Waals surface area contributed by atoms with E-state index < -0.39 is 0 Å². The second kappa shape index (κ2) is 2.90. The van der Waals surface area contributed by atoms with Crippen LogP contribution in [0.15, 0.2) is 10.9 Å². The van der Waals surface area contributed by atoms with Crippen LogP contribution in [-0.4, -0.2) is 15.0 Å². The second-order valence-corrected chi connectivity index (χ2v) is 3.43. The highest BCUT2D eigenvalue weighted by molar-refractivity contribution is 5.73. The van der Waals surface area contributed by atoms with Crippen LogP contribution in [0.4, 0.5) is 0 Å². The van der Waals surface area contributed by atoms with E-state index in [4.69, 9.17) is 0 Å². The smallest absolute Gasteiger partial charge is 0.270 e. The van der Waals surface area contributed by atoms with E-state index in [2.05, 4.69) is 15.0 Å². The summed E-state index contributed by atoms with van der Waals surface area (Å²) in [6, 6.07) is 1.95. The van der Waals surface area contributed by atoms with Gasteiger partial charge >= 0.3 is 0 Å². The third kappa shape index (κ3) is 1.28. The van der Waals surface area contributed by atoms with Crippen LogP contribution >= 0.6 is 0 Å². The molecule has 0 aliphatic heterocycles. The highest BCUT2D eigenvalue weighted by atomic mass is 16.1. The molecular formula is C10H11N3O. The third-order valence-electron chi connectivity index (χ3n) is 2.15. The summed E-state index contributed by atoms with van der Waals surface area (Å²) >= 11 is 0. The molecule has 0 spiro atoms. The zero-order chi connectivity index (χ0) is 10.3. The minimum absolute atomic E-state index is 0.171. The maximum atomic E-state index is 11.3. The van der Waals surface area contributed by atoms with Crippen LogP contribution in [0, 0.1) is 20.8 Å². The van der Waals surface area contributed by atoms with Crippen molar-refractivity contribution >= 4 is 11.2 Å². The quantitative estimate of drug-likeness (QED) is 0.678. The lowest BCUT2D eigenvalue weighted by atomic mass is 10.2. The molecule has 0 atom stereocenters. The van der Waals surface area contributed by atoms with Crippen molar-refractivity contribution < 1.29 is 0 Å². The number of fused-ring (bicyclic) bond motifs is 1.